The first-order valence-corrected chi connectivity index (χ1v) is 9.50. The van der Waals surface area contributed by atoms with Crippen LogP contribution in [0.4, 0.5) is 0 Å². The zero-order chi connectivity index (χ0) is 19.8. The highest BCUT2D eigenvalue weighted by Gasteiger charge is 2.12. The number of carbonyl (C=O) groups is 1. The Morgan fingerprint density at radius 3 is 2.43 bits per heavy atom. The van der Waals surface area contributed by atoms with E-state index in [9.17, 15) is 9.59 Å². The predicted octanol–water partition coefficient (Wildman–Crippen LogP) is 2.91. The van der Waals surface area contributed by atoms with E-state index in [2.05, 4.69) is 10.1 Å². The molecule has 2 aromatic carbocycles. The molecule has 2 heterocycles. The number of aryl methyl sites for hydroxylation is 2. The third kappa shape index (κ3) is 3.32. The van der Waals surface area contributed by atoms with Crippen LogP contribution in [0.15, 0.2) is 47.3 Å². The molecule has 0 saturated heterocycles. The zero-order valence-electron chi connectivity index (χ0n) is 15.6. The van der Waals surface area contributed by atoms with Gasteiger partial charge < -0.3 is 4.74 Å². The molecule has 0 spiro atoms. The van der Waals surface area contributed by atoms with Crippen LogP contribution in [-0.4, -0.2) is 20.6 Å². The SMILES string of the molecule is CC(=O)Oc1c(C)cc(C=c2sc3nc(-c4ccccc4)nn3c2=O)cc1C. The van der Waals surface area contributed by atoms with Crippen LogP contribution < -0.4 is 14.8 Å². The van der Waals surface area contributed by atoms with Crippen molar-refractivity contribution >= 4 is 28.3 Å². The van der Waals surface area contributed by atoms with Crippen LogP contribution >= 0.6 is 11.3 Å². The van der Waals surface area contributed by atoms with E-state index in [-0.39, 0.29) is 11.5 Å². The molecule has 0 amide bonds. The monoisotopic (exact) mass is 391 g/mol. The van der Waals surface area contributed by atoms with Gasteiger partial charge in [-0.3, -0.25) is 9.59 Å². The number of rotatable bonds is 3. The Kier molecular flexibility index (Phi) is 4.52. The van der Waals surface area contributed by atoms with E-state index in [1.165, 1.54) is 22.8 Å². The summed E-state index contributed by atoms with van der Waals surface area (Å²) in [5.41, 5.74) is 3.19. The van der Waals surface area contributed by atoms with Crippen LogP contribution in [-0.2, 0) is 4.79 Å². The fourth-order valence-corrected chi connectivity index (χ4v) is 3.97. The molecule has 0 unspecified atom stereocenters. The first-order valence-electron chi connectivity index (χ1n) is 8.69. The largest absolute Gasteiger partial charge is 0.426 e. The summed E-state index contributed by atoms with van der Waals surface area (Å²) in [7, 11) is 0. The van der Waals surface area contributed by atoms with Gasteiger partial charge in [0.1, 0.15) is 5.75 Å². The van der Waals surface area contributed by atoms with Crippen molar-refractivity contribution in [3.63, 3.8) is 0 Å². The second kappa shape index (κ2) is 7.01. The van der Waals surface area contributed by atoms with E-state index >= 15 is 0 Å². The molecule has 140 valence electrons. The molecule has 7 heteroatoms. The molecule has 0 bridgehead atoms. The first kappa shape index (κ1) is 18.1. The van der Waals surface area contributed by atoms with Gasteiger partial charge in [0.05, 0.1) is 4.53 Å². The highest BCUT2D eigenvalue weighted by Crippen LogP contribution is 2.25. The lowest BCUT2D eigenvalue weighted by atomic mass is 10.1. The van der Waals surface area contributed by atoms with Gasteiger partial charge in [-0.05, 0) is 48.7 Å². The summed E-state index contributed by atoms with van der Waals surface area (Å²) < 4.78 is 7.15. The lowest BCUT2D eigenvalue weighted by molar-refractivity contribution is -0.131. The maximum atomic E-state index is 12.7. The number of hydrogen-bond donors (Lipinski definition) is 0. The van der Waals surface area contributed by atoms with E-state index in [0.29, 0.717) is 21.1 Å². The van der Waals surface area contributed by atoms with E-state index in [1.54, 1.807) is 0 Å². The van der Waals surface area contributed by atoms with Crippen LogP contribution in [0.1, 0.15) is 23.6 Å². The summed E-state index contributed by atoms with van der Waals surface area (Å²) in [5.74, 6) is 0.736. The molecular weight excluding hydrogens is 374 g/mol. The maximum Gasteiger partial charge on any atom is 0.308 e. The lowest BCUT2D eigenvalue weighted by Gasteiger charge is -2.10. The second-order valence-electron chi connectivity index (χ2n) is 6.49. The highest BCUT2D eigenvalue weighted by atomic mass is 32.1. The standard InChI is InChI=1S/C21H17N3O3S/c1-12-9-15(10-13(2)18(12)27-14(3)25)11-17-20(26)24-21(28-17)22-19(23-24)16-7-5-4-6-8-16/h4-11H,1-3H3. The van der Waals surface area contributed by atoms with Gasteiger partial charge in [-0.2, -0.15) is 9.50 Å². The Bertz CT molecular complexity index is 1280. The molecule has 28 heavy (non-hydrogen) atoms. The van der Waals surface area contributed by atoms with E-state index in [1.807, 2.05) is 62.4 Å². The van der Waals surface area contributed by atoms with Gasteiger partial charge >= 0.3 is 5.97 Å². The van der Waals surface area contributed by atoms with Crippen LogP contribution in [0.3, 0.4) is 0 Å². The van der Waals surface area contributed by atoms with Crippen molar-refractivity contribution in [1.29, 1.82) is 0 Å². The number of ether oxygens (including phenoxy) is 1. The first-order chi connectivity index (χ1) is 13.4. The van der Waals surface area contributed by atoms with Crippen molar-refractivity contribution in [3.05, 3.63) is 74.0 Å². The third-order valence-corrected chi connectivity index (χ3v) is 5.20. The van der Waals surface area contributed by atoms with Crippen LogP contribution in [0.25, 0.3) is 22.4 Å². The minimum atomic E-state index is -0.357. The smallest absolute Gasteiger partial charge is 0.308 e. The average molecular weight is 391 g/mol. The van der Waals surface area contributed by atoms with Crippen molar-refractivity contribution < 1.29 is 9.53 Å². The number of esters is 1. The molecule has 0 atom stereocenters. The average Bonchev–Trinajstić information content (AvgIpc) is 3.19. The summed E-state index contributed by atoms with van der Waals surface area (Å²) in [4.78, 5) is 29.0. The summed E-state index contributed by atoms with van der Waals surface area (Å²) in [6.07, 6.45) is 1.81. The molecule has 4 rings (SSSR count). The van der Waals surface area contributed by atoms with Gasteiger partial charge in [0.2, 0.25) is 4.96 Å². The summed E-state index contributed by atoms with van der Waals surface area (Å²) in [5, 5.41) is 4.35. The van der Waals surface area contributed by atoms with Gasteiger partial charge in [0.15, 0.2) is 5.82 Å². The van der Waals surface area contributed by atoms with E-state index < -0.39 is 0 Å². The summed E-state index contributed by atoms with van der Waals surface area (Å²) in [6, 6.07) is 13.3. The van der Waals surface area contributed by atoms with Gasteiger partial charge in [0, 0.05) is 12.5 Å². The van der Waals surface area contributed by atoms with E-state index in [0.717, 1.165) is 22.3 Å². The third-order valence-electron chi connectivity index (χ3n) is 4.24. The molecule has 0 N–H and O–H groups in total. The Hall–Kier alpha value is -3.32. The molecule has 0 fully saturated rings. The molecule has 4 aromatic rings. The normalized spacial score (nSPS) is 11.9. The van der Waals surface area contributed by atoms with Gasteiger partial charge in [-0.25, -0.2) is 0 Å². The Morgan fingerprint density at radius 2 is 1.82 bits per heavy atom. The van der Waals surface area contributed by atoms with Crippen LogP contribution in [0, 0.1) is 13.8 Å². The van der Waals surface area contributed by atoms with E-state index in [4.69, 9.17) is 4.74 Å². The molecule has 0 radical (unpaired) electrons. The van der Waals surface area contributed by atoms with Crippen molar-refractivity contribution in [2.24, 2.45) is 0 Å². The van der Waals surface area contributed by atoms with Crippen LogP contribution in [0.2, 0.25) is 0 Å². The fraction of sp³-hybridized carbons (Fsp3) is 0.143. The Morgan fingerprint density at radius 1 is 1.14 bits per heavy atom. The quantitative estimate of drug-likeness (QED) is 0.397. The molecule has 0 aliphatic carbocycles. The van der Waals surface area contributed by atoms with Crippen LogP contribution in [0.5, 0.6) is 5.75 Å². The number of fused-ring (bicyclic) bond motifs is 1. The number of thiazole rings is 1. The number of nitrogens with zero attached hydrogens (tertiary/aromatic N) is 3. The van der Waals surface area contributed by atoms with Crippen molar-refractivity contribution in [2.45, 2.75) is 20.8 Å². The number of hydrogen-bond acceptors (Lipinski definition) is 6. The van der Waals surface area contributed by atoms with Crippen molar-refractivity contribution in [1.82, 2.24) is 14.6 Å². The summed E-state index contributed by atoms with van der Waals surface area (Å²) >= 11 is 1.30. The number of benzene rings is 2. The Labute approximate surface area is 164 Å². The number of aromatic nitrogens is 3. The molecule has 0 aliphatic rings. The van der Waals surface area contributed by atoms with Gasteiger partial charge in [0.25, 0.3) is 5.56 Å². The predicted molar refractivity (Wildman–Crippen MR) is 109 cm³/mol. The Balaban J connectivity index is 1.76. The summed E-state index contributed by atoms with van der Waals surface area (Å²) in [6.45, 7) is 5.12. The fourth-order valence-electron chi connectivity index (χ4n) is 3.07. The molecule has 0 aliphatic heterocycles. The zero-order valence-corrected chi connectivity index (χ0v) is 16.4. The topological polar surface area (TPSA) is 73.6 Å². The van der Waals surface area contributed by atoms with Crippen molar-refractivity contribution in [2.75, 3.05) is 0 Å². The minimum Gasteiger partial charge on any atom is -0.426 e. The van der Waals surface area contributed by atoms with Gasteiger partial charge in [-0.15, -0.1) is 5.10 Å². The molecule has 2 aromatic heterocycles. The lowest BCUT2D eigenvalue weighted by Crippen LogP contribution is -2.23. The highest BCUT2D eigenvalue weighted by molar-refractivity contribution is 7.15. The van der Waals surface area contributed by atoms with Crippen molar-refractivity contribution in [3.8, 4) is 17.1 Å². The van der Waals surface area contributed by atoms with Gasteiger partial charge in [-0.1, -0.05) is 41.7 Å². The molecular formula is C21H17N3O3S. The molecule has 6 nitrogen and oxygen atoms in total. The minimum absolute atomic E-state index is 0.200. The maximum absolute atomic E-state index is 12.7. The molecule has 0 saturated carbocycles. The second-order valence-corrected chi connectivity index (χ2v) is 7.50. The number of carbonyl (C=O) groups excluding carboxylic acids is 1.